The molecule has 3 heterocycles. The standard InChI is InChI=1S/C25H24FN7O2/c1-35-21-10-6-19(7-11-21)25-28-24(18-4-8-20(26)9-5-18)30-33(25)17-23(34)32-15-13-31(14-16-32)22-3-2-12-27-29-22/h2-12H,13-17H2,1H3. The number of ether oxygens (including phenoxy) is 1. The largest absolute Gasteiger partial charge is 0.497 e. The molecule has 1 fully saturated rings. The van der Waals surface area contributed by atoms with E-state index in [9.17, 15) is 9.18 Å². The van der Waals surface area contributed by atoms with Crippen LogP contribution in [0.5, 0.6) is 5.75 Å². The number of nitrogens with zero attached hydrogens (tertiary/aromatic N) is 7. The quantitative estimate of drug-likeness (QED) is 0.425. The van der Waals surface area contributed by atoms with Crippen LogP contribution in [0.25, 0.3) is 22.8 Å². The van der Waals surface area contributed by atoms with Gasteiger partial charge in [-0.05, 0) is 60.7 Å². The van der Waals surface area contributed by atoms with Crippen molar-refractivity contribution < 1.29 is 13.9 Å². The van der Waals surface area contributed by atoms with Crippen LogP contribution >= 0.6 is 0 Å². The summed E-state index contributed by atoms with van der Waals surface area (Å²) in [6.45, 7) is 2.54. The van der Waals surface area contributed by atoms with Crippen molar-refractivity contribution in [3.63, 3.8) is 0 Å². The summed E-state index contributed by atoms with van der Waals surface area (Å²) in [6, 6.07) is 17.2. The van der Waals surface area contributed by atoms with Crippen LogP contribution in [-0.2, 0) is 11.3 Å². The molecule has 0 aliphatic carbocycles. The van der Waals surface area contributed by atoms with Crippen molar-refractivity contribution in [3.05, 3.63) is 72.7 Å². The molecule has 0 unspecified atom stereocenters. The third-order valence-electron chi connectivity index (χ3n) is 5.92. The second kappa shape index (κ2) is 9.88. The first kappa shape index (κ1) is 22.5. The fourth-order valence-electron chi connectivity index (χ4n) is 4.00. The van der Waals surface area contributed by atoms with E-state index in [2.05, 4.69) is 25.2 Å². The monoisotopic (exact) mass is 473 g/mol. The first-order valence-corrected chi connectivity index (χ1v) is 11.3. The van der Waals surface area contributed by atoms with Crippen LogP contribution in [0.3, 0.4) is 0 Å². The zero-order valence-corrected chi connectivity index (χ0v) is 19.2. The van der Waals surface area contributed by atoms with Crippen molar-refractivity contribution in [2.75, 3.05) is 38.2 Å². The highest BCUT2D eigenvalue weighted by Gasteiger charge is 2.24. The fraction of sp³-hybridized carbons (Fsp3) is 0.240. The molecule has 10 heteroatoms. The van der Waals surface area contributed by atoms with E-state index in [4.69, 9.17) is 4.74 Å². The predicted octanol–water partition coefficient (Wildman–Crippen LogP) is 2.90. The van der Waals surface area contributed by atoms with Crippen LogP contribution in [0.2, 0.25) is 0 Å². The van der Waals surface area contributed by atoms with E-state index in [1.54, 1.807) is 30.1 Å². The second-order valence-electron chi connectivity index (χ2n) is 8.10. The van der Waals surface area contributed by atoms with Crippen molar-refractivity contribution in [1.29, 1.82) is 0 Å². The van der Waals surface area contributed by atoms with E-state index in [0.717, 1.165) is 17.1 Å². The van der Waals surface area contributed by atoms with Gasteiger partial charge in [-0.2, -0.15) is 5.10 Å². The average Bonchev–Trinajstić information content (AvgIpc) is 3.33. The lowest BCUT2D eigenvalue weighted by molar-refractivity contribution is -0.132. The average molecular weight is 474 g/mol. The first-order valence-electron chi connectivity index (χ1n) is 11.3. The van der Waals surface area contributed by atoms with Crippen LogP contribution < -0.4 is 9.64 Å². The lowest BCUT2D eigenvalue weighted by Gasteiger charge is -2.35. The summed E-state index contributed by atoms with van der Waals surface area (Å²) in [5.41, 5.74) is 1.47. The topological polar surface area (TPSA) is 89.3 Å². The Morgan fingerprint density at radius 3 is 2.34 bits per heavy atom. The molecule has 35 heavy (non-hydrogen) atoms. The van der Waals surface area contributed by atoms with E-state index >= 15 is 0 Å². The number of anilines is 1. The van der Waals surface area contributed by atoms with Crippen LogP contribution in [0, 0.1) is 5.82 Å². The lowest BCUT2D eigenvalue weighted by atomic mass is 10.2. The third kappa shape index (κ3) is 4.96. The molecule has 178 valence electrons. The molecule has 1 amide bonds. The van der Waals surface area contributed by atoms with Gasteiger partial charge in [0.05, 0.1) is 7.11 Å². The van der Waals surface area contributed by atoms with Crippen LogP contribution in [0.4, 0.5) is 10.2 Å². The number of piperazine rings is 1. The number of carbonyl (C=O) groups excluding carboxylic acids is 1. The highest BCUT2D eigenvalue weighted by atomic mass is 19.1. The summed E-state index contributed by atoms with van der Waals surface area (Å²) in [5.74, 6) is 2.13. The van der Waals surface area contributed by atoms with Gasteiger partial charge in [-0.25, -0.2) is 14.1 Å². The van der Waals surface area contributed by atoms with E-state index in [1.807, 2.05) is 41.3 Å². The molecule has 0 radical (unpaired) electrons. The summed E-state index contributed by atoms with van der Waals surface area (Å²) in [7, 11) is 1.60. The Morgan fingerprint density at radius 1 is 0.971 bits per heavy atom. The van der Waals surface area contributed by atoms with Crippen molar-refractivity contribution in [1.82, 2.24) is 29.9 Å². The minimum absolute atomic E-state index is 0.0424. The van der Waals surface area contributed by atoms with Gasteiger partial charge in [0, 0.05) is 43.5 Å². The van der Waals surface area contributed by atoms with E-state index < -0.39 is 0 Å². The molecule has 1 aliphatic rings. The van der Waals surface area contributed by atoms with Gasteiger partial charge in [0.2, 0.25) is 5.91 Å². The second-order valence-corrected chi connectivity index (χ2v) is 8.10. The van der Waals surface area contributed by atoms with E-state index in [-0.39, 0.29) is 18.3 Å². The molecule has 1 saturated heterocycles. The van der Waals surface area contributed by atoms with Gasteiger partial charge in [-0.1, -0.05) is 0 Å². The zero-order valence-electron chi connectivity index (χ0n) is 19.2. The molecule has 0 atom stereocenters. The number of benzene rings is 2. The number of carbonyl (C=O) groups is 1. The summed E-state index contributed by atoms with van der Waals surface area (Å²) < 4.78 is 20.3. The number of hydrogen-bond acceptors (Lipinski definition) is 7. The van der Waals surface area contributed by atoms with Gasteiger partial charge in [0.1, 0.15) is 18.1 Å². The van der Waals surface area contributed by atoms with E-state index in [1.165, 1.54) is 12.1 Å². The van der Waals surface area contributed by atoms with Gasteiger partial charge in [0.15, 0.2) is 17.5 Å². The van der Waals surface area contributed by atoms with Crippen LogP contribution in [-0.4, -0.2) is 69.1 Å². The minimum atomic E-state index is -0.334. The Balaban J connectivity index is 1.36. The Morgan fingerprint density at radius 2 is 1.69 bits per heavy atom. The highest BCUT2D eigenvalue weighted by molar-refractivity contribution is 5.77. The molecule has 4 aromatic rings. The normalized spacial score (nSPS) is 13.7. The summed E-state index contributed by atoms with van der Waals surface area (Å²) >= 11 is 0. The fourth-order valence-corrected chi connectivity index (χ4v) is 4.00. The molecular formula is C25H24FN7O2. The van der Waals surface area contributed by atoms with Crippen LogP contribution in [0.15, 0.2) is 66.9 Å². The number of hydrogen-bond donors (Lipinski definition) is 0. The lowest BCUT2D eigenvalue weighted by Crippen LogP contribution is -2.50. The number of amides is 1. The number of halogens is 1. The molecule has 0 saturated carbocycles. The minimum Gasteiger partial charge on any atom is -0.497 e. The molecule has 0 spiro atoms. The maximum absolute atomic E-state index is 13.4. The van der Waals surface area contributed by atoms with E-state index in [0.29, 0.717) is 43.4 Å². The summed E-state index contributed by atoms with van der Waals surface area (Å²) in [5, 5.41) is 12.7. The van der Waals surface area contributed by atoms with Gasteiger partial charge < -0.3 is 14.5 Å². The number of rotatable bonds is 6. The molecule has 2 aromatic carbocycles. The molecule has 2 aromatic heterocycles. The smallest absolute Gasteiger partial charge is 0.244 e. The van der Waals surface area contributed by atoms with Gasteiger partial charge in [-0.3, -0.25) is 4.79 Å². The van der Waals surface area contributed by atoms with Crippen LogP contribution in [0.1, 0.15) is 0 Å². The Kier molecular flexibility index (Phi) is 6.34. The third-order valence-corrected chi connectivity index (χ3v) is 5.92. The molecule has 9 nitrogen and oxygen atoms in total. The molecule has 0 bridgehead atoms. The zero-order chi connectivity index (χ0) is 24.2. The molecule has 5 rings (SSSR count). The maximum atomic E-state index is 13.4. The molecular weight excluding hydrogens is 449 g/mol. The van der Waals surface area contributed by atoms with Gasteiger partial charge >= 0.3 is 0 Å². The number of aromatic nitrogens is 5. The Bertz CT molecular complexity index is 1290. The number of methoxy groups -OCH3 is 1. The van der Waals surface area contributed by atoms with Crippen molar-refractivity contribution in [3.8, 4) is 28.5 Å². The van der Waals surface area contributed by atoms with Crippen molar-refractivity contribution >= 4 is 11.7 Å². The predicted molar refractivity (Wildman–Crippen MR) is 128 cm³/mol. The molecule has 1 aliphatic heterocycles. The first-order chi connectivity index (χ1) is 17.1. The van der Waals surface area contributed by atoms with Crippen molar-refractivity contribution in [2.45, 2.75) is 6.54 Å². The van der Waals surface area contributed by atoms with Gasteiger partial charge in [0.25, 0.3) is 0 Å². The Hall–Kier alpha value is -4.34. The van der Waals surface area contributed by atoms with Crippen molar-refractivity contribution in [2.24, 2.45) is 0 Å². The Labute approximate surface area is 201 Å². The molecule has 0 N–H and O–H groups in total. The summed E-state index contributed by atoms with van der Waals surface area (Å²) in [6.07, 6.45) is 1.64. The maximum Gasteiger partial charge on any atom is 0.244 e. The highest BCUT2D eigenvalue weighted by Crippen LogP contribution is 2.25. The SMILES string of the molecule is COc1ccc(-c2nc(-c3ccc(F)cc3)nn2CC(=O)N2CCN(c3cccnn3)CC2)cc1. The summed E-state index contributed by atoms with van der Waals surface area (Å²) in [4.78, 5) is 21.8. The van der Waals surface area contributed by atoms with Gasteiger partial charge in [-0.15, -0.1) is 10.2 Å².